The van der Waals surface area contributed by atoms with Crippen LogP contribution in [0.15, 0.2) is 50.5 Å². The van der Waals surface area contributed by atoms with Crippen molar-refractivity contribution in [3.63, 3.8) is 0 Å². The largest absolute Gasteiger partial charge is 0.355 e. The van der Waals surface area contributed by atoms with E-state index in [1.165, 1.54) is 11.6 Å². The van der Waals surface area contributed by atoms with Crippen molar-refractivity contribution in [3.8, 4) is 11.3 Å². The first-order valence-corrected chi connectivity index (χ1v) is 9.40. The standard InChI is InChI=1S/C20H20N6O4/c1-25-17-16(19(28)26(2)20(25)29)22-15(23-17)9-6-10-21-18(27)13-11-14(30-24-13)12-7-4-3-5-8-12/h3-5,7-8,11H,6,9-10H2,1-2H3,(H,21,27)(H,22,23). The Balaban J connectivity index is 1.36. The van der Waals surface area contributed by atoms with Crippen molar-refractivity contribution in [2.24, 2.45) is 14.1 Å². The van der Waals surface area contributed by atoms with Gasteiger partial charge < -0.3 is 14.8 Å². The minimum atomic E-state index is -0.430. The highest BCUT2D eigenvalue weighted by Gasteiger charge is 2.15. The maximum absolute atomic E-state index is 12.3. The molecule has 0 saturated carbocycles. The first-order valence-electron chi connectivity index (χ1n) is 9.40. The van der Waals surface area contributed by atoms with Gasteiger partial charge in [-0.2, -0.15) is 0 Å². The number of nitrogens with one attached hydrogen (secondary N) is 2. The Morgan fingerprint density at radius 2 is 1.93 bits per heavy atom. The number of rotatable bonds is 6. The number of carbonyl (C=O) groups excluding carboxylic acids is 1. The third-order valence-electron chi connectivity index (χ3n) is 4.82. The summed E-state index contributed by atoms with van der Waals surface area (Å²) < 4.78 is 7.60. The van der Waals surface area contributed by atoms with Gasteiger partial charge in [-0.1, -0.05) is 35.5 Å². The summed E-state index contributed by atoms with van der Waals surface area (Å²) in [4.78, 5) is 43.8. The average Bonchev–Trinajstić information content (AvgIpc) is 3.42. The molecule has 0 spiro atoms. The zero-order chi connectivity index (χ0) is 21.3. The molecule has 4 aromatic rings. The molecule has 10 heteroatoms. The molecule has 0 fully saturated rings. The number of hydrogen-bond donors (Lipinski definition) is 2. The molecule has 0 atom stereocenters. The van der Waals surface area contributed by atoms with Gasteiger partial charge in [0.2, 0.25) is 0 Å². The van der Waals surface area contributed by atoms with Gasteiger partial charge in [0.05, 0.1) is 0 Å². The Labute approximate surface area is 170 Å². The number of fused-ring (bicyclic) bond motifs is 1. The predicted molar refractivity (Wildman–Crippen MR) is 109 cm³/mol. The summed E-state index contributed by atoms with van der Waals surface area (Å²) in [7, 11) is 2.99. The van der Waals surface area contributed by atoms with E-state index in [0.717, 1.165) is 10.1 Å². The van der Waals surface area contributed by atoms with Gasteiger partial charge in [0.15, 0.2) is 17.1 Å². The minimum absolute atomic E-state index is 0.205. The highest BCUT2D eigenvalue weighted by atomic mass is 16.5. The summed E-state index contributed by atoms with van der Waals surface area (Å²) in [6, 6.07) is 11.0. The number of carbonyl (C=O) groups is 1. The van der Waals surface area contributed by atoms with Crippen LogP contribution in [-0.2, 0) is 20.5 Å². The topological polar surface area (TPSA) is 128 Å². The quantitative estimate of drug-likeness (QED) is 0.458. The Hall–Kier alpha value is -3.95. The Morgan fingerprint density at radius 3 is 2.70 bits per heavy atom. The minimum Gasteiger partial charge on any atom is -0.355 e. The lowest BCUT2D eigenvalue weighted by Gasteiger charge is -2.01. The van der Waals surface area contributed by atoms with E-state index in [2.05, 4.69) is 20.4 Å². The van der Waals surface area contributed by atoms with Crippen LogP contribution in [0.4, 0.5) is 0 Å². The van der Waals surface area contributed by atoms with Gasteiger partial charge in [-0.25, -0.2) is 9.78 Å². The fourth-order valence-corrected chi connectivity index (χ4v) is 3.16. The van der Waals surface area contributed by atoms with E-state index in [4.69, 9.17) is 4.52 Å². The molecule has 10 nitrogen and oxygen atoms in total. The number of aryl methyl sites for hydroxylation is 2. The van der Waals surface area contributed by atoms with Gasteiger partial charge in [-0.15, -0.1) is 0 Å². The lowest BCUT2D eigenvalue weighted by atomic mass is 10.1. The van der Waals surface area contributed by atoms with E-state index in [-0.39, 0.29) is 17.1 Å². The maximum atomic E-state index is 12.3. The van der Waals surface area contributed by atoms with E-state index in [9.17, 15) is 14.4 Å². The SMILES string of the molecule is Cn1c(=O)c2[nH]c(CCCNC(=O)c3cc(-c4ccccc4)on3)nc2n(C)c1=O. The Morgan fingerprint density at radius 1 is 1.17 bits per heavy atom. The van der Waals surface area contributed by atoms with Crippen LogP contribution in [0.5, 0.6) is 0 Å². The van der Waals surface area contributed by atoms with Crippen molar-refractivity contribution in [2.45, 2.75) is 12.8 Å². The fraction of sp³-hybridized carbons (Fsp3) is 0.250. The third-order valence-corrected chi connectivity index (χ3v) is 4.82. The number of imidazole rings is 1. The van der Waals surface area contributed by atoms with Gasteiger partial charge in [0, 0.05) is 38.7 Å². The molecule has 1 amide bonds. The van der Waals surface area contributed by atoms with Crippen LogP contribution in [0, 0.1) is 0 Å². The molecule has 0 aliphatic carbocycles. The molecule has 0 bridgehead atoms. The first-order chi connectivity index (χ1) is 14.5. The molecule has 0 radical (unpaired) electrons. The number of aromatic nitrogens is 5. The van der Waals surface area contributed by atoms with Crippen molar-refractivity contribution < 1.29 is 9.32 Å². The highest BCUT2D eigenvalue weighted by molar-refractivity contribution is 5.93. The van der Waals surface area contributed by atoms with Crippen LogP contribution in [0.1, 0.15) is 22.7 Å². The van der Waals surface area contributed by atoms with Crippen molar-refractivity contribution in [1.82, 2.24) is 29.6 Å². The lowest BCUT2D eigenvalue weighted by Crippen LogP contribution is -2.36. The molecule has 4 rings (SSSR count). The van der Waals surface area contributed by atoms with Crippen LogP contribution in [0.2, 0.25) is 0 Å². The zero-order valence-corrected chi connectivity index (χ0v) is 16.5. The second-order valence-corrected chi connectivity index (χ2v) is 6.89. The van der Waals surface area contributed by atoms with E-state index in [1.807, 2.05) is 30.3 Å². The van der Waals surface area contributed by atoms with Gasteiger partial charge in [0.25, 0.3) is 11.5 Å². The van der Waals surface area contributed by atoms with Crippen LogP contribution < -0.4 is 16.6 Å². The van der Waals surface area contributed by atoms with Gasteiger partial charge >= 0.3 is 5.69 Å². The number of nitrogens with zero attached hydrogens (tertiary/aromatic N) is 4. The molecule has 2 N–H and O–H groups in total. The molecule has 154 valence electrons. The smallest absolute Gasteiger partial charge is 0.332 e. The fourth-order valence-electron chi connectivity index (χ4n) is 3.16. The van der Waals surface area contributed by atoms with Gasteiger partial charge in [-0.3, -0.25) is 18.7 Å². The third kappa shape index (κ3) is 3.54. The molecule has 0 unspecified atom stereocenters. The molecule has 30 heavy (non-hydrogen) atoms. The van der Waals surface area contributed by atoms with E-state index in [1.54, 1.807) is 13.1 Å². The van der Waals surface area contributed by atoms with Crippen LogP contribution >= 0.6 is 0 Å². The molecule has 3 heterocycles. The summed E-state index contributed by atoms with van der Waals surface area (Å²) in [5.41, 5.74) is 0.805. The second-order valence-electron chi connectivity index (χ2n) is 6.89. The number of H-pyrrole nitrogens is 1. The summed E-state index contributed by atoms with van der Waals surface area (Å²) in [6.07, 6.45) is 1.09. The van der Waals surface area contributed by atoms with Gasteiger partial charge in [0.1, 0.15) is 11.3 Å². The van der Waals surface area contributed by atoms with E-state index >= 15 is 0 Å². The molecular formula is C20H20N6O4. The van der Waals surface area contributed by atoms with Crippen molar-refractivity contribution in [1.29, 1.82) is 0 Å². The molecule has 0 aliphatic rings. The van der Waals surface area contributed by atoms with E-state index < -0.39 is 11.2 Å². The lowest BCUT2D eigenvalue weighted by molar-refractivity contribution is 0.0944. The highest BCUT2D eigenvalue weighted by Crippen LogP contribution is 2.19. The van der Waals surface area contributed by atoms with Crippen LogP contribution in [-0.4, -0.2) is 36.7 Å². The second kappa shape index (κ2) is 7.82. The summed E-state index contributed by atoms with van der Waals surface area (Å²) in [6.45, 7) is 0.389. The molecule has 0 saturated heterocycles. The monoisotopic (exact) mass is 408 g/mol. The molecule has 3 aromatic heterocycles. The zero-order valence-electron chi connectivity index (χ0n) is 16.5. The number of aromatic amines is 1. The number of benzene rings is 1. The normalized spacial score (nSPS) is 11.1. The predicted octanol–water partition coefficient (Wildman–Crippen LogP) is 0.978. The molecule has 1 aromatic carbocycles. The first kappa shape index (κ1) is 19.4. The number of amides is 1. The molecular weight excluding hydrogens is 388 g/mol. The van der Waals surface area contributed by atoms with Crippen molar-refractivity contribution >= 4 is 17.1 Å². The Kier molecular flexibility index (Phi) is 5.05. The number of hydrogen-bond acceptors (Lipinski definition) is 6. The Bertz CT molecular complexity index is 1330. The average molecular weight is 408 g/mol. The summed E-state index contributed by atoms with van der Waals surface area (Å²) in [5.74, 6) is 0.766. The molecule has 0 aliphatic heterocycles. The van der Waals surface area contributed by atoms with E-state index in [0.29, 0.717) is 36.6 Å². The van der Waals surface area contributed by atoms with Crippen molar-refractivity contribution in [2.75, 3.05) is 6.54 Å². The van der Waals surface area contributed by atoms with Gasteiger partial charge in [-0.05, 0) is 6.42 Å². The maximum Gasteiger partial charge on any atom is 0.332 e. The summed E-state index contributed by atoms with van der Waals surface area (Å²) in [5, 5.41) is 6.60. The van der Waals surface area contributed by atoms with Crippen molar-refractivity contribution in [3.05, 3.63) is 68.8 Å². The summed E-state index contributed by atoms with van der Waals surface area (Å²) >= 11 is 0. The van der Waals surface area contributed by atoms with Crippen LogP contribution in [0.25, 0.3) is 22.5 Å². The van der Waals surface area contributed by atoms with Crippen LogP contribution in [0.3, 0.4) is 0 Å².